The van der Waals surface area contributed by atoms with Crippen molar-refractivity contribution in [2.75, 3.05) is 18.8 Å². The van der Waals surface area contributed by atoms with Gasteiger partial charge in [0.15, 0.2) is 10.2 Å². The van der Waals surface area contributed by atoms with Gasteiger partial charge in [-0.25, -0.2) is 4.98 Å². The third-order valence-corrected chi connectivity index (χ3v) is 5.72. The average molecular weight is 338 g/mol. The molecule has 0 aliphatic carbocycles. The topological polar surface area (TPSA) is 72.1 Å². The SMILES string of the molecule is Cc1csc(SCC(=O)N2CCC[C@@H](c3noc(C)n3)C2)n1. The van der Waals surface area contributed by atoms with Gasteiger partial charge in [-0.3, -0.25) is 4.79 Å². The molecule has 1 aliphatic heterocycles. The second-order valence-corrected chi connectivity index (χ2v) is 7.47. The zero-order chi connectivity index (χ0) is 15.5. The first-order valence-electron chi connectivity index (χ1n) is 7.24. The Morgan fingerprint density at radius 1 is 1.50 bits per heavy atom. The Hall–Kier alpha value is -1.41. The quantitative estimate of drug-likeness (QED) is 0.798. The molecule has 1 atom stereocenters. The van der Waals surface area contributed by atoms with E-state index in [1.165, 1.54) is 11.8 Å². The van der Waals surface area contributed by atoms with E-state index in [9.17, 15) is 4.79 Å². The first-order chi connectivity index (χ1) is 10.6. The summed E-state index contributed by atoms with van der Waals surface area (Å²) < 4.78 is 6.00. The molecule has 1 aliphatic rings. The molecule has 6 nitrogen and oxygen atoms in total. The Morgan fingerprint density at radius 2 is 2.36 bits per heavy atom. The highest BCUT2D eigenvalue weighted by Gasteiger charge is 2.27. The summed E-state index contributed by atoms with van der Waals surface area (Å²) in [7, 11) is 0. The maximum absolute atomic E-state index is 12.4. The third kappa shape index (κ3) is 3.67. The molecule has 8 heteroatoms. The Balaban J connectivity index is 1.55. The maximum atomic E-state index is 12.4. The minimum absolute atomic E-state index is 0.155. The Kier molecular flexibility index (Phi) is 4.77. The van der Waals surface area contributed by atoms with E-state index in [4.69, 9.17) is 4.52 Å². The van der Waals surface area contributed by atoms with Crippen LogP contribution in [0.2, 0.25) is 0 Å². The van der Waals surface area contributed by atoms with E-state index in [0.29, 0.717) is 18.2 Å². The van der Waals surface area contributed by atoms with Gasteiger partial charge in [-0.15, -0.1) is 11.3 Å². The molecule has 0 aromatic carbocycles. The summed E-state index contributed by atoms with van der Waals surface area (Å²) in [5, 5.41) is 5.99. The molecule has 1 amide bonds. The van der Waals surface area contributed by atoms with E-state index in [1.54, 1.807) is 18.3 Å². The van der Waals surface area contributed by atoms with Crippen molar-refractivity contribution in [1.29, 1.82) is 0 Å². The zero-order valence-corrected chi connectivity index (χ0v) is 14.2. The minimum atomic E-state index is 0.155. The molecule has 0 saturated carbocycles. The number of hydrogen-bond acceptors (Lipinski definition) is 7. The second-order valence-electron chi connectivity index (χ2n) is 5.39. The van der Waals surface area contributed by atoms with Gasteiger partial charge in [0, 0.05) is 37.0 Å². The van der Waals surface area contributed by atoms with Gasteiger partial charge in [-0.05, 0) is 19.8 Å². The van der Waals surface area contributed by atoms with Crippen molar-refractivity contribution in [2.24, 2.45) is 0 Å². The van der Waals surface area contributed by atoms with E-state index in [1.807, 2.05) is 17.2 Å². The summed E-state index contributed by atoms with van der Waals surface area (Å²) >= 11 is 3.10. The molecular formula is C14H18N4O2S2. The second kappa shape index (κ2) is 6.78. The number of thioether (sulfide) groups is 1. The minimum Gasteiger partial charge on any atom is -0.341 e. The standard InChI is InChI=1S/C14H18N4O2S2/c1-9-7-21-14(15-9)22-8-12(19)18-5-3-4-11(6-18)13-16-10(2)20-17-13/h7,11H,3-6,8H2,1-2H3/t11-/m1/s1. The number of aryl methyl sites for hydroxylation is 2. The zero-order valence-electron chi connectivity index (χ0n) is 12.6. The normalized spacial score (nSPS) is 18.6. The van der Waals surface area contributed by atoms with Crippen LogP contribution in [0.1, 0.15) is 36.2 Å². The summed E-state index contributed by atoms with van der Waals surface area (Å²) in [6, 6.07) is 0. The van der Waals surface area contributed by atoms with Crippen molar-refractivity contribution in [2.45, 2.75) is 36.9 Å². The van der Waals surface area contributed by atoms with Crippen molar-refractivity contribution >= 4 is 29.0 Å². The fraction of sp³-hybridized carbons (Fsp3) is 0.571. The third-order valence-electron chi connectivity index (χ3n) is 3.60. The summed E-state index contributed by atoms with van der Waals surface area (Å²) in [4.78, 5) is 23.0. The van der Waals surface area contributed by atoms with Gasteiger partial charge in [-0.1, -0.05) is 16.9 Å². The molecule has 0 N–H and O–H groups in total. The van der Waals surface area contributed by atoms with Crippen LogP contribution in [0.25, 0.3) is 0 Å². The fourth-order valence-electron chi connectivity index (χ4n) is 2.51. The first-order valence-corrected chi connectivity index (χ1v) is 9.11. The number of hydrogen-bond donors (Lipinski definition) is 0. The Morgan fingerprint density at radius 3 is 3.05 bits per heavy atom. The number of nitrogens with zero attached hydrogens (tertiary/aromatic N) is 4. The summed E-state index contributed by atoms with van der Waals surface area (Å²) in [5.41, 5.74) is 1.01. The lowest BCUT2D eigenvalue weighted by molar-refractivity contribution is -0.129. The molecule has 0 unspecified atom stereocenters. The predicted molar refractivity (Wildman–Crippen MR) is 85.2 cm³/mol. The molecule has 0 radical (unpaired) electrons. The monoisotopic (exact) mass is 338 g/mol. The molecule has 118 valence electrons. The van der Waals surface area contributed by atoms with Crippen LogP contribution >= 0.6 is 23.1 Å². The fourth-order valence-corrected chi connectivity index (χ4v) is 4.26. The number of thiazole rings is 1. The van der Waals surface area contributed by atoms with E-state index in [-0.39, 0.29) is 11.8 Å². The lowest BCUT2D eigenvalue weighted by Crippen LogP contribution is -2.40. The van der Waals surface area contributed by atoms with Gasteiger partial charge in [0.05, 0.1) is 5.75 Å². The number of likely N-dealkylation sites (tertiary alicyclic amines) is 1. The molecule has 2 aromatic rings. The van der Waals surface area contributed by atoms with Crippen molar-refractivity contribution in [3.05, 3.63) is 22.8 Å². The predicted octanol–water partition coefficient (Wildman–Crippen LogP) is 2.64. The lowest BCUT2D eigenvalue weighted by atomic mass is 9.97. The molecule has 0 spiro atoms. The summed E-state index contributed by atoms with van der Waals surface area (Å²) in [6.45, 7) is 5.23. The van der Waals surface area contributed by atoms with E-state index >= 15 is 0 Å². The van der Waals surface area contributed by atoms with Gasteiger partial charge in [-0.2, -0.15) is 4.98 Å². The van der Waals surface area contributed by atoms with Crippen LogP contribution in [0.4, 0.5) is 0 Å². The van der Waals surface area contributed by atoms with Crippen LogP contribution in [-0.4, -0.2) is 44.8 Å². The summed E-state index contributed by atoms with van der Waals surface area (Å²) in [5.74, 6) is 2.07. The molecule has 1 fully saturated rings. The molecule has 1 saturated heterocycles. The number of piperidine rings is 1. The van der Waals surface area contributed by atoms with Crippen LogP contribution in [0.5, 0.6) is 0 Å². The highest BCUT2D eigenvalue weighted by atomic mass is 32.2. The molecule has 3 heterocycles. The van der Waals surface area contributed by atoms with Crippen LogP contribution in [0, 0.1) is 13.8 Å². The van der Waals surface area contributed by atoms with Gasteiger partial charge < -0.3 is 9.42 Å². The van der Waals surface area contributed by atoms with Crippen LogP contribution in [-0.2, 0) is 4.79 Å². The Labute approximate surface area is 137 Å². The lowest BCUT2D eigenvalue weighted by Gasteiger charge is -2.31. The number of carbonyl (C=O) groups is 1. The average Bonchev–Trinajstić information content (AvgIpc) is 3.13. The van der Waals surface area contributed by atoms with Gasteiger partial charge in [0.1, 0.15) is 0 Å². The Bertz CT molecular complexity index is 655. The number of carbonyl (C=O) groups excluding carboxylic acids is 1. The molecule has 2 aromatic heterocycles. The highest BCUT2D eigenvalue weighted by molar-refractivity contribution is 8.01. The largest absolute Gasteiger partial charge is 0.341 e. The van der Waals surface area contributed by atoms with Crippen LogP contribution in [0.3, 0.4) is 0 Å². The van der Waals surface area contributed by atoms with Crippen molar-refractivity contribution < 1.29 is 9.32 Å². The molecule has 0 bridgehead atoms. The van der Waals surface area contributed by atoms with Crippen LogP contribution < -0.4 is 0 Å². The summed E-state index contributed by atoms with van der Waals surface area (Å²) in [6.07, 6.45) is 1.98. The molecular weight excluding hydrogens is 320 g/mol. The van der Waals surface area contributed by atoms with Crippen molar-refractivity contribution in [3.8, 4) is 0 Å². The van der Waals surface area contributed by atoms with E-state index < -0.39 is 0 Å². The van der Waals surface area contributed by atoms with Crippen LogP contribution in [0.15, 0.2) is 14.2 Å². The number of rotatable bonds is 4. The van der Waals surface area contributed by atoms with Crippen molar-refractivity contribution in [3.63, 3.8) is 0 Å². The van der Waals surface area contributed by atoms with Gasteiger partial charge in [0.2, 0.25) is 11.8 Å². The smallest absolute Gasteiger partial charge is 0.233 e. The number of amides is 1. The van der Waals surface area contributed by atoms with E-state index in [2.05, 4.69) is 15.1 Å². The molecule has 22 heavy (non-hydrogen) atoms. The van der Waals surface area contributed by atoms with Gasteiger partial charge >= 0.3 is 0 Å². The van der Waals surface area contributed by atoms with Gasteiger partial charge in [0.25, 0.3) is 0 Å². The van der Waals surface area contributed by atoms with Crippen molar-refractivity contribution in [1.82, 2.24) is 20.0 Å². The molecule has 3 rings (SSSR count). The first kappa shape index (κ1) is 15.5. The maximum Gasteiger partial charge on any atom is 0.233 e. The highest BCUT2D eigenvalue weighted by Crippen LogP contribution is 2.27. The number of aromatic nitrogens is 3. The van der Waals surface area contributed by atoms with E-state index in [0.717, 1.165) is 35.2 Å².